The highest BCUT2D eigenvalue weighted by molar-refractivity contribution is 4.68. The number of nitrogens with zero attached hydrogens (tertiary/aromatic N) is 1. The van der Waals surface area contributed by atoms with Gasteiger partial charge in [-0.05, 0) is 19.3 Å². The van der Waals surface area contributed by atoms with Gasteiger partial charge in [0.1, 0.15) is 0 Å². The van der Waals surface area contributed by atoms with E-state index >= 15 is 0 Å². The summed E-state index contributed by atoms with van der Waals surface area (Å²) in [5.74, 6) is 0. The van der Waals surface area contributed by atoms with Crippen LogP contribution in [0.2, 0.25) is 0 Å². The second-order valence-corrected chi connectivity index (χ2v) is 4.98. The van der Waals surface area contributed by atoms with Crippen LogP contribution in [0.1, 0.15) is 46.5 Å². The first kappa shape index (κ1) is 13.0. The standard InChI is InChI=1S/C13H28NO/c1-4-8-14(9-5-2,10-6-3)11-7-13-12-15-13/h13H,4-12H2,1-3H3/q+1. The van der Waals surface area contributed by atoms with Crippen molar-refractivity contribution >= 4 is 0 Å². The first-order valence-corrected chi connectivity index (χ1v) is 6.73. The number of quaternary nitrogens is 1. The third-order valence-corrected chi connectivity index (χ3v) is 3.42. The first-order valence-electron chi connectivity index (χ1n) is 6.73. The second kappa shape index (κ2) is 6.49. The minimum absolute atomic E-state index is 0.605. The van der Waals surface area contributed by atoms with Gasteiger partial charge < -0.3 is 9.22 Å². The number of rotatable bonds is 9. The molecule has 0 amide bonds. The van der Waals surface area contributed by atoms with E-state index in [1.807, 2.05) is 0 Å². The molecular formula is C13H28NO+. The van der Waals surface area contributed by atoms with E-state index in [1.54, 1.807) is 0 Å². The van der Waals surface area contributed by atoms with Gasteiger partial charge in [-0.3, -0.25) is 0 Å². The highest BCUT2D eigenvalue weighted by Gasteiger charge is 2.30. The van der Waals surface area contributed by atoms with Crippen molar-refractivity contribution in [2.45, 2.75) is 52.6 Å². The Hall–Kier alpha value is -0.0800. The summed E-state index contributed by atoms with van der Waals surface area (Å²) in [5.41, 5.74) is 0. The third kappa shape index (κ3) is 4.52. The topological polar surface area (TPSA) is 12.5 Å². The molecule has 1 rings (SSSR count). The molecule has 0 radical (unpaired) electrons. The molecule has 0 aromatic rings. The fourth-order valence-corrected chi connectivity index (χ4v) is 2.75. The van der Waals surface area contributed by atoms with Gasteiger partial charge in [0.2, 0.25) is 0 Å². The molecule has 1 aliphatic heterocycles. The van der Waals surface area contributed by atoms with Crippen molar-refractivity contribution in [3.63, 3.8) is 0 Å². The SMILES string of the molecule is CCC[N+](CCC)(CCC)CCC1CO1. The molecule has 0 aromatic heterocycles. The Labute approximate surface area is 95.2 Å². The van der Waals surface area contributed by atoms with Crippen molar-refractivity contribution in [1.82, 2.24) is 0 Å². The minimum Gasteiger partial charge on any atom is -0.373 e. The fraction of sp³-hybridized carbons (Fsp3) is 1.00. The van der Waals surface area contributed by atoms with Crippen LogP contribution in [0, 0.1) is 0 Å². The molecule has 1 aliphatic rings. The lowest BCUT2D eigenvalue weighted by atomic mass is 10.2. The Kier molecular flexibility index (Phi) is 5.62. The van der Waals surface area contributed by atoms with E-state index in [4.69, 9.17) is 4.74 Å². The quantitative estimate of drug-likeness (QED) is 0.425. The second-order valence-electron chi connectivity index (χ2n) is 4.98. The smallest absolute Gasteiger partial charge is 0.0863 e. The molecule has 0 saturated carbocycles. The molecule has 1 atom stereocenters. The van der Waals surface area contributed by atoms with E-state index in [-0.39, 0.29) is 0 Å². The highest BCUT2D eigenvalue weighted by Crippen LogP contribution is 2.19. The van der Waals surface area contributed by atoms with Crippen molar-refractivity contribution in [3.05, 3.63) is 0 Å². The average molecular weight is 214 g/mol. The number of hydrogen-bond donors (Lipinski definition) is 0. The van der Waals surface area contributed by atoms with Crippen LogP contribution in [0.25, 0.3) is 0 Å². The maximum atomic E-state index is 5.33. The van der Waals surface area contributed by atoms with Crippen LogP contribution in [0.3, 0.4) is 0 Å². The van der Waals surface area contributed by atoms with E-state index in [1.165, 1.54) is 56.3 Å². The van der Waals surface area contributed by atoms with E-state index in [2.05, 4.69) is 20.8 Å². The lowest BCUT2D eigenvalue weighted by Gasteiger charge is -2.38. The van der Waals surface area contributed by atoms with Crippen LogP contribution in [-0.4, -0.2) is 43.4 Å². The molecule has 1 saturated heterocycles. The Morgan fingerprint density at radius 3 is 1.73 bits per heavy atom. The Bertz CT molecular complexity index is 149. The molecule has 2 heteroatoms. The Balaban J connectivity index is 2.43. The van der Waals surface area contributed by atoms with Gasteiger partial charge in [-0.1, -0.05) is 20.8 Å². The monoisotopic (exact) mass is 214 g/mol. The zero-order valence-electron chi connectivity index (χ0n) is 10.8. The van der Waals surface area contributed by atoms with Crippen LogP contribution in [0.5, 0.6) is 0 Å². The average Bonchev–Trinajstić information content (AvgIpc) is 2.99. The molecule has 90 valence electrons. The van der Waals surface area contributed by atoms with E-state index < -0.39 is 0 Å². The third-order valence-electron chi connectivity index (χ3n) is 3.42. The summed E-state index contributed by atoms with van der Waals surface area (Å²) in [6, 6.07) is 0. The van der Waals surface area contributed by atoms with Gasteiger partial charge in [-0.15, -0.1) is 0 Å². The predicted molar refractivity (Wildman–Crippen MR) is 65.0 cm³/mol. The summed E-state index contributed by atoms with van der Waals surface area (Å²) < 4.78 is 6.66. The molecule has 0 bridgehead atoms. The number of epoxide rings is 1. The molecular weight excluding hydrogens is 186 g/mol. The van der Waals surface area contributed by atoms with Gasteiger partial charge in [0.25, 0.3) is 0 Å². The first-order chi connectivity index (χ1) is 7.26. The van der Waals surface area contributed by atoms with Gasteiger partial charge in [0.05, 0.1) is 38.9 Å². The fourth-order valence-electron chi connectivity index (χ4n) is 2.75. The van der Waals surface area contributed by atoms with E-state index in [0.29, 0.717) is 6.10 Å². The molecule has 1 fully saturated rings. The zero-order chi connectivity index (χ0) is 11.1. The maximum Gasteiger partial charge on any atom is 0.0863 e. The lowest BCUT2D eigenvalue weighted by Crippen LogP contribution is -2.50. The Morgan fingerprint density at radius 2 is 1.40 bits per heavy atom. The summed E-state index contributed by atoms with van der Waals surface area (Å²) >= 11 is 0. The van der Waals surface area contributed by atoms with Gasteiger partial charge >= 0.3 is 0 Å². The lowest BCUT2D eigenvalue weighted by molar-refractivity contribution is -0.928. The van der Waals surface area contributed by atoms with Crippen molar-refractivity contribution in [1.29, 1.82) is 0 Å². The van der Waals surface area contributed by atoms with Crippen LogP contribution >= 0.6 is 0 Å². The van der Waals surface area contributed by atoms with Crippen LogP contribution in [-0.2, 0) is 4.74 Å². The number of ether oxygens (including phenoxy) is 1. The predicted octanol–water partition coefficient (Wildman–Crippen LogP) is 2.82. The molecule has 0 aliphatic carbocycles. The van der Waals surface area contributed by atoms with Crippen LogP contribution in [0.4, 0.5) is 0 Å². The molecule has 1 unspecified atom stereocenters. The maximum absolute atomic E-state index is 5.33. The largest absolute Gasteiger partial charge is 0.373 e. The molecule has 2 nitrogen and oxygen atoms in total. The molecule has 0 N–H and O–H groups in total. The van der Waals surface area contributed by atoms with Crippen LogP contribution in [0.15, 0.2) is 0 Å². The van der Waals surface area contributed by atoms with E-state index in [9.17, 15) is 0 Å². The van der Waals surface area contributed by atoms with Gasteiger partial charge in [0, 0.05) is 6.42 Å². The van der Waals surface area contributed by atoms with E-state index in [0.717, 1.165) is 6.61 Å². The minimum atomic E-state index is 0.605. The summed E-state index contributed by atoms with van der Waals surface area (Å²) in [4.78, 5) is 0. The van der Waals surface area contributed by atoms with Crippen molar-refractivity contribution in [2.75, 3.05) is 32.8 Å². The van der Waals surface area contributed by atoms with Crippen molar-refractivity contribution in [3.8, 4) is 0 Å². The number of hydrogen-bond acceptors (Lipinski definition) is 1. The van der Waals surface area contributed by atoms with Gasteiger partial charge in [-0.2, -0.15) is 0 Å². The van der Waals surface area contributed by atoms with Crippen molar-refractivity contribution in [2.24, 2.45) is 0 Å². The molecule has 0 aromatic carbocycles. The summed E-state index contributed by atoms with van der Waals surface area (Å²) in [5, 5.41) is 0. The highest BCUT2D eigenvalue weighted by atomic mass is 16.6. The Morgan fingerprint density at radius 1 is 0.933 bits per heavy atom. The summed E-state index contributed by atoms with van der Waals surface area (Å²) in [7, 11) is 0. The molecule has 15 heavy (non-hydrogen) atoms. The van der Waals surface area contributed by atoms with Crippen LogP contribution < -0.4 is 0 Å². The summed E-state index contributed by atoms with van der Waals surface area (Å²) in [6.07, 6.45) is 5.82. The van der Waals surface area contributed by atoms with Crippen molar-refractivity contribution < 1.29 is 9.22 Å². The van der Waals surface area contributed by atoms with Gasteiger partial charge in [-0.25, -0.2) is 0 Å². The van der Waals surface area contributed by atoms with Gasteiger partial charge in [0.15, 0.2) is 0 Å². The molecule has 0 spiro atoms. The molecule has 1 heterocycles. The summed E-state index contributed by atoms with van der Waals surface area (Å²) in [6.45, 7) is 13.4. The normalized spacial score (nSPS) is 20.6. The zero-order valence-corrected chi connectivity index (χ0v) is 10.8.